The van der Waals surface area contributed by atoms with E-state index in [-0.39, 0.29) is 0 Å². The van der Waals surface area contributed by atoms with Crippen molar-refractivity contribution in [1.29, 1.82) is 0 Å². The first-order chi connectivity index (χ1) is 8.58. The lowest BCUT2D eigenvalue weighted by Crippen LogP contribution is -2.07. The third-order valence-electron chi connectivity index (χ3n) is 3.22. The number of hydrogen-bond donors (Lipinski definition) is 1. The Hall–Kier alpha value is -0.510. The van der Waals surface area contributed by atoms with Gasteiger partial charge in [-0.2, -0.15) is 0 Å². The maximum atomic E-state index is 6.10. The first-order valence-corrected chi connectivity index (χ1v) is 7.34. The average molecular weight is 303 g/mol. The lowest BCUT2D eigenvalue weighted by atomic mass is 10.1. The van der Waals surface area contributed by atoms with E-state index in [1.165, 1.54) is 0 Å². The monoisotopic (exact) mass is 302 g/mol. The molecule has 0 aliphatic heterocycles. The molecule has 1 aromatic carbocycles. The van der Waals surface area contributed by atoms with Gasteiger partial charge in [0, 0.05) is 6.04 Å². The molecule has 0 amide bonds. The summed E-state index contributed by atoms with van der Waals surface area (Å²) in [6, 6.07) is 4.14. The van der Waals surface area contributed by atoms with E-state index in [0.29, 0.717) is 16.1 Å². The highest BCUT2D eigenvalue weighted by atomic mass is 35.5. The number of halogens is 2. The van der Waals surface area contributed by atoms with Crippen LogP contribution in [-0.2, 0) is 0 Å². The van der Waals surface area contributed by atoms with E-state index < -0.39 is 0 Å². The maximum Gasteiger partial charge on any atom is 0.178 e. The number of rotatable bonds is 4. The Morgan fingerprint density at radius 1 is 1.28 bits per heavy atom. The van der Waals surface area contributed by atoms with Gasteiger partial charge in [0.2, 0.25) is 0 Å². The number of H-pyrrole nitrogens is 1. The Balaban J connectivity index is 2.66. The van der Waals surface area contributed by atoms with Crippen LogP contribution in [0.1, 0.15) is 39.2 Å². The number of imidazole rings is 1. The molecule has 1 aromatic heterocycles. The molecule has 0 fully saturated rings. The van der Waals surface area contributed by atoms with E-state index in [2.05, 4.69) is 23.4 Å². The zero-order chi connectivity index (χ0) is 13.3. The summed E-state index contributed by atoms with van der Waals surface area (Å²) in [7, 11) is 0. The van der Waals surface area contributed by atoms with Crippen molar-refractivity contribution >= 4 is 46.5 Å². The van der Waals surface area contributed by atoms with E-state index in [0.717, 1.165) is 35.1 Å². The fourth-order valence-corrected chi connectivity index (χ4v) is 3.01. The molecule has 0 bridgehead atoms. The number of benzene rings is 1. The molecule has 0 spiro atoms. The first-order valence-electron chi connectivity index (χ1n) is 6.17. The summed E-state index contributed by atoms with van der Waals surface area (Å²) in [5.41, 5.74) is 1.98. The van der Waals surface area contributed by atoms with E-state index in [4.69, 9.17) is 35.4 Å². The van der Waals surface area contributed by atoms with Crippen LogP contribution in [0.25, 0.3) is 11.0 Å². The van der Waals surface area contributed by atoms with Crippen LogP contribution in [0.15, 0.2) is 12.1 Å². The smallest absolute Gasteiger partial charge is 0.178 e. The van der Waals surface area contributed by atoms with Crippen LogP contribution in [0, 0.1) is 4.77 Å². The molecule has 1 N–H and O–H groups in total. The van der Waals surface area contributed by atoms with E-state index in [9.17, 15) is 0 Å². The molecule has 1 unspecified atom stereocenters. The second-order valence-electron chi connectivity index (χ2n) is 4.43. The van der Waals surface area contributed by atoms with Crippen molar-refractivity contribution in [1.82, 2.24) is 9.55 Å². The van der Waals surface area contributed by atoms with Crippen molar-refractivity contribution in [3.8, 4) is 0 Å². The Labute approximate surface area is 122 Å². The molecule has 98 valence electrons. The molecule has 1 atom stereocenters. The minimum atomic E-state index is 0.411. The Bertz CT molecular complexity index is 615. The fraction of sp³-hybridized carbons (Fsp3) is 0.462. The van der Waals surface area contributed by atoms with Gasteiger partial charge in [0.1, 0.15) is 0 Å². The SMILES string of the molecule is CCCC(CC)n1c(=S)[nH]c2cc(Cl)c(Cl)cc21. The summed E-state index contributed by atoms with van der Waals surface area (Å²) in [5, 5.41) is 1.12. The van der Waals surface area contributed by atoms with Gasteiger partial charge in [-0.15, -0.1) is 0 Å². The quantitative estimate of drug-likeness (QED) is 0.712. The summed E-state index contributed by atoms with van der Waals surface area (Å²) >= 11 is 17.5. The third-order valence-corrected chi connectivity index (χ3v) is 4.24. The van der Waals surface area contributed by atoms with Gasteiger partial charge in [0.15, 0.2) is 4.77 Å². The Morgan fingerprint density at radius 3 is 2.56 bits per heavy atom. The molecule has 0 aliphatic carbocycles. The van der Waals surface area contributed by atoms with Crippen molar-refractivity contribution in [2.24, 2.45) is 0 Å². The minimum absolute atomic E-state index is 0.411. The van der Waals surface area contributed by atoms with Crippen LogP contribution in [-0.4, -0.2) is 9.55 Å². The molecule has 2 nitrogen and oxygen atoms in total. The first kappa shape index (κ1) is 13.9. The van der Waals surface area contributed by atoms with Crippen LogP contribution in [0.5, 0.6) is 0 Å². The van der Waals surface area contributed by atoms with Gasteiger partial charge >= 0.3 is 0 Å². The fourth-order valence-electron chi connectivity index (χ4n) is 2.33. The maximum absolute atomic E-state index is 6.10. The van der Waals surface area contributed by atoms with Crippen molar-refractivity contribution in [3.63, 3.8) is 0 Å². The number of hydrogen-bond acceptors (Lipinski definition) is 1. The van der Waals surface area contributed by atoms with Gasteiger partial charge in [-0.3, -0.25) is 0 Å². The van der Waals surface area contributed by atoms with Crippen LogP contribution in [0.2, 0.25) is 10.0 Å². The molecule has 2 rings (SSSR count). The van der Waals surface area contributed by atoms with Crippen molar-refractivity contribution in [3.05, 3.63) is 26.9 Å². The van der Waals surface area contributed by atoms with Crippen molar-refractivity contribution in [2.75, 3.05) is 0 Å². The highest BCUT2D eigenvalue weighted by molar-refractivity contribution is 7.71. The highest BCUT2D eigenvalue weighted by Crippen LogP contribution is 2.31. The molecule has 1 heterocycles. The summed E-state index contributed by atoms with van der Waals surface area (Å²) < 4.78 is 2.90. The molecule has 5 heteroatoms. The standard InChI is InChI=1S/C13H16Cl2N2S/c1-3-5-8(4-2)17-12-7-10(15)9(14)6-11(12)16-13(17)18/h6-8H,3-5H2,1-2H3,(H,16,18). The Morgan fingerprint density at radius 2 is 1.94 bits per heavy atom. The molecular weight excluding hydrogens is 287 g/mol. The molecular formula is C13H16Cl2N2S. The van der Waals surface area contributed by atoms with Crippen LogP contribution in [0.4, 0.5) is 0 Å². The predicted octanol–water partition coefficient (Wildman–Crippen LogP) is 5.76. The third kappa shape index (κ3) is 2.44. The lowest BCUT2D eigenvalue weighted by molar-refractivity contribution is 0.454. The zero-order valence-electron chi connectivity index (χ0n) is 10.5. The molecule has 0 saturated carbocycles. The van der Waals surface area contributed by atoms with Gasteiger partial charge in [-0.1, -0.05) is 43.5 Å². The lowest BCUT2D eigenvalue weighted by Gasteiger charge is -2.17. The largest absolute Gasteiger partial charge is 0.331 e. The number of aromatic nitrogens is 2. The summed E-state index contributed by atoms with van der Waals surface area (Å²) in [6.45, 7) is 4.36. The molecule has 2 aromatic rings. The van der Waals surface area contributed by atoms with Gasteiger partial charge in [0.25, 0.3) is 0 Å². The number of fused-ring (bicyclic) bond motifs is 1. The van der Waals surface area contributed by atoms with Crippen LogP contribution < -0.4 is 0 Å². The summed E-state index contributed by atoms with van der Waals surface area (Å²) in [4.78, 5) is 3.20. The summed E-state index contributed by atoms with van der Waals surface area (Å²) in [6.07, 6.45) is 3.29. The molecule has 0 saturated heterocycles. The Kier molecular flexibility index (Phi) is 4.36. The molecule has 0 radical (unpaired) electrons. The van der Waals surface area contributed by atoms with E-state index in [1.807, 2.05) is 12.1 Å². The van der Waals surface area contributed by atoms with Gasteiger partial charge in [0.05, 0.1) is 21.1 Å². The highest BCUT2D eigenvalue weighted by Gasteiger charge is 2.14. The van der Waals surface area contributed by atoms with Crippen LogP contribution in [0.3, 0.4) is 0 Å². The number of aromatic amines is 1. The van der Waals surface area contributed by atoms with E-state index >= 15 is 0 Å². The zero-order valence-corrected chi connectivity index (χ0v) is 12.8. The van der Waals surface area contributed by atoms with Gasteiger partial charge in [-0.05, 0) is 37.2 Å². The average Bonchev–Trinajstić information content (AvgIpc) is 2.63. The number of nitrogens with zero attached hydrogens (tertiary/aromatic N) is 1. The topological polar surface area (TPSA) is 20.7 Å². The molecule has 0 aliphatic rings. The minimum Gasteiger partial charge on any atom is -0.331 e. The number of nitrogens with one attached hydrogen (secondary N) is 1. The van der Waals surface area contributed by atoms with Crippen LogP contribution >= 0.6 is 35.4 Å². The predicted molar refractivity (Wildman–Crippen MR) is 81.4 cm³/mol. The van der Waals surface area contributed by atoms with Crippen molar-refractivity contribution < 1.29 is 0 Å². The summed E-state index contributed by atoms with van der Waals surface area (Å²) in [5.74, 6) is 0. The second kappa shape index (κ2) is 5.64. The molecule has 18 heavy (non-hydrogen) atoms. The van der Waals surface area contributed by atoms with E-state index in [1.54, 1.807) is 0 Å². The second-order valence-corrected chi connectivity index (χ2v) is 5.64. The van der Waals surface area contributed by atoms with Gasteiger partial charge in [-0.25, -0.2) is 0 Å². The van der Waals surface area contributed by atoms with Gasteiger partial charge < -0.3 is 9.55 Å². The normalized spacial score (nSPS) is 13.1. The van der Waals surface area contributed by atoms with Crippen molar-refractivity contribution in [2.45, 2.75) is 39.2 Å².